The molecule has 2 amide bonds. The zero-order valence-electron chi connectivity index (χ0n) is 11.8. The molecule has 2 atom stereocenters. The Labute approximate surface area is 120 Å². The van der Waals surface area contributed by atoms with Crippen LogP contribution in [0, 0.1) is 5.92 Å². The van der Waals surface area contributed by atoms with Crippen molar-refractivity contribution < 1.29 is 27.5 Å². The lowest BCUT2D eigenvalue weighted by atomic mass is 10.0. The second-order valence-corrected chi connectivity index (χ2v) is 5.57. The normalized spacial score (nSPS) is 27.0. The summed E-state index contributed by atoms with van der Waals surface area (Å²) in [6, 6.07) is -1.06. The third-order valence-corrected chi connectivity index (χ3v) is 3.64. The lowest BCUT2D eigenvalue weighted by Gasteiger charge is -2.38. The summed E-state index contributed by atoms with van der Waals surface area (Å²) >= 11 is 0. The van der Waals surface area contributed by atoms with Crippen molar-refractivity contribution in [2.75, 3.05) is 19.8 Å². The van der Waals surface area contributed by atoms with Crippen LogP contribution in [0.15, 0.2) is 0 Å². The predicted octanol–water partition coefficient (Wildman–Crippen LogP) is 1.08. The Hall–Kier alpha value is -1.31. The maximum Gasteiger partial charge on any atom is 0.411 e. The molecule has 0 bridgehead atoms. The van der Waals surface area contributed by atoms with E-state index < -0.39 is 24.9 Å². The second kappa shape index (κ2) is 6.21. The first-order valence-electron chi connectivity index (χ1n) is 7.05. The molecule has 2 fully saturated rings. The maximum absolute atomic E-state index is 12.1. The summed E-state index contributed by atoms with van der Waals surface area (Å²) in [5, 5.41) is 2.64. The molecule has 2 rings (SSSR count). The lowest BCUT2D eigenvalue weighted by molar-refractivity contribution is -0.174. The number of nitrogens with zero attached hydrogens (tertiary/aromatic N) is 1. The van der Waals surface area contributed by atoms with Crippen LogP contribution in [0.4, 0.5) is 13.2 Å². The maximum atomic E-state index is 12.1. The van der Waals surface area contributed by atoms with Crippen molar-refractivity contribution in [3.05, 3.63) is 0 Å². The van der Waals surface area contributed by atoms with E-state index in [4.69, 9.17) is 0 Å². The highest BCUT2D eigenvalue weighted by Gasteiger charge is 2.46. The number of nitrogens with one attached hydrogen (secondary N) is 1. The number of alkyl halides is 3. The molecule has 2 aliphatic rings. The van der Waals surface area contributed by atoms with E-state index in [1.54, 1.807) is 6.92 Å². The van der Waals surface area contributed by atoms with E-state index in [0.29, 0.717) is 0 Å². The average molecular weight is 308 g/mol. The van der Waals surface area contributed by atoms with Gasteiger partial charge in [-0.25, -0.2) is 0 Å². The van der Waals surface area contributed by atoms with Crippen molar-refractivity contribution in [2.45, 2.75) is 44.4 Å². The van der Waals surface area contributed by atoms with Gasteiger partial charge in [-0.3, -0.25) is 9.59 Å². The van der Waals surface area contributed by atoms with Crippen molar-refractivity contribution in [1.82, 2.24) is 10.2 Å². The topological polar surface area (TPSA) is 58.6 Å². The summed E-state index contributed by atoms with van der Waals surface area (Å²) in [6.45, 7) is 0.479. The Morgan fingerprint density at radius 2 is 2.00 bits per heavy atom. The van der Waals surface area contributed by atoms with Gasteiger partial charge in [-0.15, -0.1) is 0 Å². The van der Waals surface area contributed by atoms with Crippen LogP contribution in [0.2, 0.25) is 0 Å². The van der Waals surface area contributed by atoms with Gasteiger partial charge >= 0.3 is 6.18 Å². The molecule has 1 saturated heterocycles. The van der Waals surface area contributed by atoms with Crippen LogP contribution in [0.1, 0.15) is 26.2 Å². The zero-order valence-corrected chi connectivity index (χ0v) is 11.8. The van der Waals surface area contributed by atoms with Crippen LogP contribution in [0.25, 0.3) is 0 Å². The number of piperazine rings is 1. The van der Waals surface area contributed by atoms with Gasteiger partial charge in [0, 0.05) is 13.2 Å². The highest BCUT2D eigenvalue weighted by atomic mass is 19.4. The third-order valence-electron chi connectivity index (χ3n) is 3.64. The average Bonchev–Trinajstić information content (AvgIpc) is 3.17. The molecule has 8 heteroatoms. The largest absolute Gasteiger partial charge is 0.411 e. The predicted molar refractivity (Wildman–Crippen MR) is 67.3 cm³/mol. The van der Waals surface area contributed by atoms with Crippen molar-refractivity contribution in [1.29, 1.82) is 0 Å². The summed E-state index contributed by atoms with van der Waals surface area (Å²) < 4.78 is 40.3. The van der Waals surface area contributed by atoms with Crippen LogP contribution in [0.5, 0.6) is 0 Å². The van der Waals surface area contributed by atoms with E-state index in [1.165, 1.54) is 4.90 Å². The van der Waals surface area contributed by atoms with Gasteiger partial charge in [-0.2, -0.15) is 13.2 Å². The van der Waals surface area contributed by atoms with E-state index in [1.807, 2.05) is 0 Å². The van der Waals surface area contributed by atoms with Crippen LogP contribution in [-0.4, -0.2) is 54.7 Å². The fraction of sp³-hybridized carbons (Fsp3) is 0.846. The minimum atomic E-state index is -4.34. The van der Waals surface area contributed by atoms with Gasteiger partial charge in [-0.1, -0.05) is 0 Å². The fourth-order valence-electron chi connectivity index (χ4n) is 2.54. The van der Waals surface area contributed by atoms with E-state index in [9.17, 15) is 22.8 Å². The highest BCUT2D eigenvalue weighted by molar-refractivity contribution is 5.97. The molecular formula is C13H19F3N2O3. The Morgan fingerprint density at radius 1 is 1.33 bits per heavy atom. The van der Waals surface area contributed by atoms with Gasteiger partial charge in [-0.05, 0) is 32.1 Å². The molecule has 0 aromatic carbocycles. The Morgan fingerprint density at radius 3 is 2.57 bits per heavy atom. The number of carbonyl (C=O) groups excluding carboxylic acids is 2. The van der Waals surface area contributed by atoms with Crippen molar-refractivity contribution in [3.8, 4) is 0 Å². The minimum absolute atomic E-state index is 0.0866. The molecule has 0 spiro atoms. The molecule has 0 aromatic rings. The summed E-state index contributed by atoms with van der Waals surface area (Å²) in [7, 11) is 0. The zero-order chi connectivity index (χ0) is 15.6. The van der Waals surface area contributed by atoms with Crippen LogP contribution >= 0.6 is 0 Å². The second-order valence-electron chi connectivity index (χ2n) is 5.57. The summed E-state index contributed by atoms with van der Waals surface area (Å²) in [6.07, 6.45) is -2.25. The molecule has 0 aromatic heterocycles. The van der Waals surface area contributed by atoms with Crippen LogP contribution < -0.4 is 5.32 Å². The first kappa shape index (κ1) is 16.1. The molecule has 5 nitrogen and oxygen atoms in total. The summed E-state index contributed by atoms with van der Waals surface area (Å²) in [5.41, 5.74) is 0. The van der Waals surface area contributed by atoms with Gasteiger partial charge in [0.1, 0.15) is 18.7 Å². The van der Waals surface area contributed by atoms with Crippen molar-refractivity contribution in [2.24, 2.45) is 5.92 Å². The van der Waals surface area contributed by atoms with E-state index in [2.05, 4.69) is 10.1 Å². The molecule has 1 aliphatic heterocycles. The van der Waals surface area contributed by atoms with E-state index >= 15 is 0 Å². The number of rotatable bonds is 6. The minimum Gasteiger partial charge on any atom is -0.372 e. The molecular weight excluding hydrogens is 289 g/mol. The third kappa shape index (κ3) is 4.33. The number of hydrogen-bond acceptors (Lipinski definition) is 3. The monoisotopic (exact) mass is 308 g/mol. The molecule has 1 N–H and O–H groups in total. The molecule has 1 saturated carbocycles. The molecule has 1 aliphatic carbocycles. The molecule has 120 valence electrons. The molecule has 0 radical (unpaired) electrons. The van der Waals surface area contributed by atoms with Gasteiger partial charge in [0.05, 0.1) is 0 Å². The Kier molecular flexibility index (Phi) is 4.75. The lowest BCUT2D eigenvalue weighted by Crippen LogP contribution is -2.63. The summed E-state index contributed by atoms with van der Waals surface area (Å²) in [4.78, 5) is 25.6. The molecule has 1 heterocycles. The number of hydrogen-bond donors (Lipinski definition) is 1. The van der Waals surface area contributed by atoms with E-state index in [-0.39, 0.29) is 37.3 Å². The van der Waals surface area contributed by atoms with Crippen molar-refractivity contribution >= 4 is 11.8 Å². The van der Waals surface area contributed by atoms with Gasteiger partial charge in [0.25, 0.3) is 0 Å². The van der Waals surface area contributed by atoms with E-state index in [0.717, 1.165) is 12.8 Å². The first-order valence-corrected chi connectivity index (χ1v) is 7.05. The number of ether oxygens (including phenoxy) is 1. The standard InChI is InChI=1S/C13H19F3N2O3/c1-8-12(20)18(5-2-6-21-7-13(14,15)16)10(9-3-4-9)11(19)17-8/h8-10H,2-7H2,1H3,(H,17,19). The van der Waals surface area contributed by atoms with Crippen LogP contribution in [-0.2, 0) is 14.3 Å². The Balaban J connectivity index is 1.83. The van der Waals surface area contributed by atoms with Crippen molar-refractivity contribution in [3.63, 3.8) is 0 Å². The fourth-order valence-corrected chi connectivity index (χ4v) is 2.54. The molecule has 21 heavy (non-hydrogen) atoms. The highest BCUT2D eigenvalue weighted by Crippen LogP contribution is 2.37. The van der Waals surface area contributed by atoms with Gasteiger partial charge in [0.2, 0.25) is 11.8 Å². The number of amides is 2. The smallest absolute Gasteiger partial charge is 0.372 e. The van der Waals surface area contributed by atoms with Gasteiger partial charge < -0.3 is 15.0 Å². The molecule has 2 unspecified atom stereocenters. The SMILES string of the molecule is CC1NC(=O)C(C2CC2)N(CCCOCC(F)(F)F)C1=O. The Bertz CT molecular complexity index is 410. The first-order chi connectivity index (χ1) is 9.79. The quantitative estimate of drug-likeness (QED) is 0.747. The number of carbonyl (C=O) groups is 2. The summed E-state index contributed by atoms with van der Waals surface area (Å²) in [5.74, 6) is -0.166. The number of halogens is 3. The van der Waals surface area contributed by atoms with Crippen LogP contribution in [0.3, 0.4) is 0 Å². The van der Waals surface area contributed by atoms with Gasteiger partial charge in [0.15, 0.2) is 0 Å².